The second-order valence-electron chi connectivity index (χ2n) is 7.22. The van der Waals surface area contributed by atoms with Gasteiger partial charge in [0.1, 0.15) is 18.1 Å². The molecule has 1 heterocycles. The summed E-state index contributed by atoms with van der Waals surface area (Å²) in [7, 11) is 3.13. The first-order chi connectivity index (χ1) is 14.9. The predicted octanol–water partition coefficient (Wildman–Crippen LogP) is 3.01. The molecule has 0 bridgehead atoms. The van der Waals surface area contributed by atoms with Crippen LogP contribution in [0.15, 0.2) is 53.6 Å². The summed E-state index contributed by atoms with van der Waals surface area (Å²) < 4.78 is 23.7. The Bertz CT molecular complexity index is 944. The summed E-state index contributed by atoms with van der Waals surface area (Å²) in [5.74, 6) is -0.162. The minimum absolute atomic E-state index is 0.115. The van der Waals surface area contributed by atoms with Gasteiger partial charge in [-0.2, -0.15) is 5.10 Å². The zero-order chi connectivity index (χ0) is 22.4. The highest BCUT2D eigenvalue weighted by molar-refractivity contribution is 6.03. The number of carbonyl (C=O) groups excluding carboxylic acids is 2. The van der Waals surface area contributed by atoms with E-state index in [9.17, 15) is 14.0 Å². The molecule has 0 fully saturated rings. The molecule has 0 N–H and O–H groups in total. The van der Waals surface area contributed by atoms with Crippen molar-refractivity contribution >= 4 is 17.5 Å². The van der Waals surface area contributed by atoms with Gasteiger partial charge in [-0.05, 0) is 47.5 Å². The molecule has 7 nitrogen and oxygen atoms in total. The Morgan fingerprint density at radius 3 is 2.39 bits per heavy atom. The topological polar surface area (TPSA) is 71.4 Å². The standard InChI is InChI=1S/C23H26FN3O4/c1-16(28)26(12-13-30-2)15-23(29)27-22(18-4-8-19(24)9-5-18)14-21(25-27)17-6-10-20(31-3)11-7-17/h4-11,22H,12-15H2,1-3H3. The Kier molecular flexibility index (Phi) is 7.36. The van der Waals surface area contributed by atoms with Gasteiger partial charge >= 0.3 is 0 Å². The van der Waals surface area contributed by atoms with E-state index in [0.29, 0.717) is 19.6 Å². The lowest BCUT2D eigenvalue weighted by Crippen LogP contribution is -2.41. The van der Waals surface area contributed by atoms with Gasteiger partial charge in [0, 0.05) is 27.0 Å². The molecular formula is C23H26FN3O4. The molecule has 2 aromatic rings. The molecule has 31 heavy (non-hydrogen) atoms. The van der Waals surface area contributed by atoms with Crippen molar-refractivity contribution in [3.63, 3.8) is 0 Å². The van der Waals surface area contributed by atoms with Crippen LogP contribution in [0.25, 0.3) is 0 Å². The van der Waals surface area contributed by atoms with Crippen molar-refractivity contribution in [1.29, 1.82) is 0 Å². The monoisotopic (exact) mass is 427 g/mol. The van der Waals surface area contributed by atoms with E-state index in [4.69, 9.17) is 9.47 Å². The van der Waals surface area contributed by atoms with Crippen LogP contribution < -0.4 is 4.74 Å². The van der Waals surface area contributed by atoms with Crippen molar-refractivity contribution < 1.29 is 23.5 Å². The van der Waals surface area contributed by atoms with E-state index in [1.165, 1.54) is 36.1 Å². The Hall–Kier alpha value is -3.26. The average Bonchev–Trinajstić information content (AvgIpc) is 3.22. The molecule has 0 radical (unpaired) electrons. The number of rotatable bonds is 8. The SMILES string of the molecule is COCCN(CC(=O)N1N=C(c2ccc(OC)cc2)CC1c1ccc(F)cc1)C(C)=O. The van der Waals surface area contributed by atoms with Gasteiger partial charge in [-0.15, -0.1) is 0 Å². The molecule has 2 aromatic carbocycles. The van der Waals surface area contributed by atoms with Crippen LogP contribution >= 0.6 is 0 Å². The molecule has 1 aliphatic heterocycles. The molecule has 3 rings (SSSR count). The smallest absolute Gasteiger partial charge is 0.262 e. The van der Waals surface area contributed by atoms with Crippen molar-refractivity contribution in [2.75, 3.05) is 33.9 Å². The predicted molar refractivity (Wildman–Crippen MR) is 114 cm³/mol. The summed E-state index contributed by atoms with van der Waals surface area (Å²) in [5, 5.41) is 5.98. The molecule has 1 aliphatic rings. The molecule has 8 heteroatoms. The first-order valence-corrected chi connectivity index (χ1v) is 9.96. The Labute approximate surface area is 181 Å². The summed E-state index contributed by atoms with van der Waals surface area (Å²) in [6.07, 6.45) is 0.474. The van der Waals surface area contributed by atoms with Gasteiger partial charge in [0.2, 0.25) is 5.91 Å². The van der Waals surface area contributed by atoms with Crippen molar-refractivity contribution in [3.05, 3.63) is 65.5 Å². The van der Waals surface area contributed by atoms with Gasteiger partial charge < -0.3 is 14.4 Å². The number of hydrogen-bond donors (Lipinski definition) is 0. The van der Waals surface area contributed by atoms with E-state index in [1.807, 2.05) is 24.3 Å². The second-order valence-corrected chi connectivity index (χ2v) is 7.22. The molecule has 1 atom stereocenters. The zero-order valence-corrected chi connectivity index (χ0v) is 17.9. The number of amides is 2. The largest absolute Gasteiger partial charge is 0.497 e. The van der Waals surface area contributed by atoms with Crippen LogP contribution in [0.1, 0.15) is 30.5 Å². The number of hydrogen-bond acceptors (Lipinski definition) is 5. The van der Waals surface area contributed by atoms with E-state index in [1.54, 1.807) is 19.2 Å². The summed E-state index contributed by atoms with van der Waals surface area (Å²) in [6.45, 7) is 1.93. The Balaban J connectivity index is 1.88. The zero-order valence-electron chi connectivity index (χ0n) is 17.9. The molecule has 0 aliphatic carbocycles. The van der Waals surface area contributed by atoms with Crippen molar-refractivity contribution in [1.82, 2.24) is 9.91 Å². The van der Waals surface area contributed by atoms with E-state index >= 15 is 0 Å². The third kappa shape index (κ3) is 5.46. The lowest BCUT2D eigenvalue weighted by molar-refractivity contribution is -0.141. The van der Waals surface area contributed by atoms with Crippen LogP contribution in [0.2, 0.25) is 0 Å². The quantitative estimate of drug-likeness (QED) is 0.649. The number of carbonyl (C=O) groups is 2. The second kappa shape index (κ2) is 10.2. The number of hydrazone groups is 1. The van der Waals surface area contributed by atoms with Gasteiger partial charge in [0.05, 0.1) is 25.5 Å². The van der Waals surface area contributed by atoms with Gasteiger partial charge in [-0.1, -0.05) is 12.1 Å². The Morgan fingerprint density at radius 2 is 1.81 bits per heavy atom. The fraction of sp³-hybridized carbons (Fsp3) is 0.348. The van der Waals surface area contributed by atoms with E-state index in [-0.39, 0.29) is 30.2 Å². The van der Waals surface area contributed by atoms with Crippen LogP contribution in [0.4, 0.5) is 4.39 Å². The third-order valence-electron chi connectivity index (χ3n) is 5.18. The lowest BCUT2D eigenvalue weighted by Gasteiger charge is -2.26. The number of methoxy groups -OCH3 is 2. The van der Waals surface area contributed by atoms with Crippen LogP contribution in [0.3, 0.4) is 0 Å². The minimum Gasteiger partial charge on any atom is -0.497 e. The summed E-state index contributed by atoms with van der Waals surface area (Å²) in [6, 6.07) is 13.1. The molecule has 2 amide bonds. The average molecular weight is 427 g/mol. The van der Waals surface area contributed by atoms with Gasteiger partial charge in [-0.3, -0.25) is 9.59 Å². The minimum atomic E-state index is -0.388. The Morgan fingerprint density at radius 1 is 1.13 bits per heavy atom. The molecule has 0 aromatic heterocycles. The first-order valence-electron chi connectivity index (χ1n) is 9.96. The summed E-state index contributed by atoms with van der Waals surface area (Å²) in [5.41, 5.74) is 2.37. The normalized spacial score (nSPS) is 15.5. The van der Waals surface area contributed by atoms with E-state index in [0.717, 1.165) is 22.6 Å². The highest BCUT2D eigenvalue weighted by Crippen LogP contribution is 2.33. The first kappa shape index (κ1) is 22.4. The molecular weight excluding hydrogens is 401 g/mol. The van der Waals surface area contributed by atoms with Crippen LogP contribution in [0, 0.1) is 5.82 Å². The summed E-state index contributed by atoms with van der Waals surface area (Å²) in [4.78, 5) is 26.5. The third-order valence-corrected chi connectivity index (χ3v) is 5.18. The van der Waals surface area contributed by atoms with E-state index in [2.05, 4.69) is 5.10 Å². The van der Waals surface area contributed by atoms with Crippen LogP contribution in [-0.2, 0) is 14.3 Å². The fourth-order valence-electron chi connectivity index (χ4n) is 3.43. The van der Waals surface area contributed by atoms with Crippen LogP contribution in [0.5, 0.6) is 5.75 Å². The fourth-order valence-corrected chi connectivity index (χ4v) is 3.43. The maximum atomic E-state index is 13.4. The van der Waals surface area contributed by atoms with E-state index < -0.39 is 0 Å². The summed E-state index contributed by atoms with van der Waals surface area (Å²) >= 11 is 0. The number of benzene rings is 2. The molecule has 1 unspecified atom stereocenters. The highest BCUT2D eigenvalue weighted by Gasteiger charge is 2.34. The van der Waals surface area contributed by atoms with Crippen molar-refractivity contribution in [3.8, 4) is 5.75 Å². The number of halogens is 1. The lowest BCUT2D eigenvalue weighted by atomic mass is 9.98. The maximum absolute atomic E-state index is 13.4. The van der Waals surface area contributed by atoms with Gasteiger partial charge in [-0.25, -0.2) is 9.40 Å². The molecule has 0 spiro atoms. The van der Waals surface area contributed by atoms with Crippen molar-refractivity contribution in [2.45, 2.75) is 19.4 Å². The van der Waals surface area contributed by atoms with Crippen LogP contribution in [-0.4, -0.2) is 61.4 Å². The number of nitrogens with zero attached hydrogens (tertiary/aromatic N) is 3. The maximum Gasteiger partial charge on any atom is 0.262 e. The number of ether oxygens (including phenoxy) is 2. The highest BCUT2D eigenvalue weighted by atomic mass is 19.1. The molecule has 0 saturated heterocycles. The van der Waals surface area contributed by atoms with Gasteiger partial charge in [0.15, 0.2) is 0 Å². The van der Waals surface area contributed by atoms with Gasteiger partial charge in [0.25, 0.3) is 5.91 Å². The molecule has 164 valence electrons. The van der Waals surface area contributed by atoms with Crippen molar-refractivity contribution in [2.24, 2.45) is 5.10 Å². The molecule has 0 saturated carbocycles.